The number of halogens is 1. The van der Waals surface area contributed by atoms with Crippen LogP contribution in [0.15, 0.2) is 34.8 Å². The molecule has 17 heavy (non-hydrogen) atoms. The zero-order valence-corrected chi connectivity index (χ0v) is 10.6. The first-order valence-electron chi connectivity index (χ1n) is 5.17. The van der Waals surface area contributed by atoms with Crippen molar-refractivity contribution in [3.63, 3.8) is 0 Å². The standard InChI is InChI=1S/C12H11BrN2O2/c13-9-3-1-8(2-4-9)10-7-11(16)15(6-5-14)12(10)17/h1-4,7H,5-6,14H2. The number of rotatable bonds is 3. The zero-order valence-electron chi connectivity index (χ0n) is 9.02. The summed E-state index contributed by atoms with van der Waals surface area (Å²) in [6.45, 7) is 0.535. The van der Waals surface area contributed by atoms with Crippen LogP contribution in [0.3, 0.4) is 0 Å². The Morgan fingerprint density at radius 2 is 1.82 bits per heavy atom. The number of hydrogen-bond acceptors (Lipinski definition) is 3. The van der Waals surface area contributed by atoms with Gasteiger partial charge in [-0.2, -0.15) is 0 Å². The van der Waals surface area contributed by atoms with Crippen LogP contribution in [0, 0.1) is 0 Å². The molecule has 2 rings (SSSR count). The second kappa shape index (κ2) is 4.81. The van der Waals surface area contributed by atoms with E-state index in [-0.39, 0.29) is 24.9 Å². The van der Waals surface area contributed by atoms with Gasteiger partial charge in [-0.15, -0.1) is 0 Å². The van der Waals surface area contributed by atoms with Crippen LogP contribution in [-0.2, 0) is 9.59 Å². The number of nitrogens with two attached hydrogens (primary N) is 1. The Morgan fingerprint density at radius 3 is 2.41 bits per heavy atom. The summed E-state index contributed by atoms with van der Waals surface area (Å²) in [7, 11) is 0. The predicted octanol–water partition coefficient (Wildman–Crippen LogP) is 1.16. The normalized spacial score (nSPS) is 15.4. The Kier molecular flexibility index (Phi) is 3.40. The fraction of sp³-hybridized carbons (Fsp3) is 0.167. The minimum atomic E-state index is -0.293. The van der Waals surface area contributed by atoms with Gasteiger partial charge in [0.2, 0.25) is 0 Å². The SMILES string of the molecule is NCCN1C(=O)C=C(c2ccc(Br)cc2)C1=O. The van der Waals surface area contributed by atoms with Crippen molar-refractivity contribution in [1.29, 1.82) is 0 Å². The van der Waals surface area contributed by atoms with E-state index in [4.69, 9.17) is 5.73 Å². The number of carbonyl (C=O) groups is 2. The van der Waals surface area contributed by atoms with Gasteiger partial charge in [0.05, 0.1) is 5.57 Å². The highest BCUT2D eigenvalue weighted by atomic mass is 79.9. The van der Waals surface area contributed by atoms with E-state index in [1.807, 2.05) is 12.1 Å². The van der Waals surface area contributed by atoms with Crippen LogP contribution in [0.2, 0.25) is 0 Å². The smallest absolute Gasteiger partial charge is 0.261 e. The van der Waals surface area contributed by atoms with Gasteiger partial charge in [0.1, 0.15) is 0 Å². The summed E-state index contributed by atoms with van der Waals surface area (Å²) >= 11 is 3.32. The first-order chi connectivity index (χ1) is 8.13. The van der Waals surface area contributed by atoms with Gasteiger partial charge in [-0.3, -0.25) is 14.5 Å². The molecule has 1 aliphatic heterocycles. The van der Waals surface area contributed by atoms with Crippen LogP contribution in [0.5, 0.6) is 0 Å². The molecule has 0 spiro atoms. The number of hydrogen-bond donors (Lipinski definition) is 1. The average molecular weight is 295 g/mol. The molecule has 1 aromatic rings. The van der Waals surface area contributed by atoms with Crippen LogP contribution in [-0.4, -0.2) is 29.8 Å². The number of imide groups is 1. The summed E-state index contributed by atoms with van der Waals surface area (Å²) < 4.78 is 0.928. The maximum Gasteiger partial charge on any atom is 0.261 e. The van der Waals surface area contributed by atoms with Gasteiger partial charge in [-0.1, -0.05) is 28.1 Å². The zero-order chi connectivity index (χ0) is 12.4. The quantitative estimate of drug-likeness (QED) is 0.851. The molecule has 0 bridgehead atoms. The van der Waals surface area contributed by atoms with Gasteiger partial charge >= 0.3 is 0 Å². The first kappa shape index (κ1) is 12.0. The Balaban J connectivity index is 2.29. The summed E-state index contributed by atoms with van der Waals surface area (Å²) in [6, 6.07) is 7.26. The van der Waals surface area contributed by atoms with Crippen molar-refractivity contribution < 1.29 is 9.59 Å². The molecule has 0 unspecified atom stereocenters. The van der Waals surface area contributed by atoms with E-state index in [1.165, 1.54) is 6.08 Å². The fourth-order valence-corrected chi connectivity index (χ4v) is 1.95. The van der Waals surface area contributed by atoms with Gasteiger partial charge in [-0.25, -0.2) is 0 Å². The van der Waals surface area contributed by atoms with E-state index < -0.39 is 0 Å². The number of carbonyl (C=O) groups excluding carboxylic acids is 2. The Labute approximate surface area is 107 Å². The second-order valence-electron chi connectivity index (χ2n) is 3.65. The van der Waals surface area contributed by atoms with Gasteiger partial charge < -0.3 is 5.73 Å². The van der Waals surface area contributed by atoms with Crippen molar-refractivity contribution in [2.75, 3.05) is 13.1 Å². The summed E-state index contributed by atoms with van der Waals surface area (Å²) in [4.78, 5) is 24.7. The van der Waals surface area contributed by atoms with Crippen LogP contribution >= 0.6 is 15.9 Å². The lowest BCUT2D eigenvalue weighted by atomic mass is 10.1. The van der Waals surface area contributed by atoms with Crippen molar-refractivity contribution >= 4 is 33.3 Å². The molecule has 0 atom stereocenters. The van der Waals surface area contributed by atoms with E-state index in [1.54, 1.807) is 12.1 Å². The van der Waals surface area contributed by atoms with Crippen molar-refractivity contribution in [2.24, 2.45) is 5.73 Å². The van der Waals surface area contributed by atoms with E-state index in [2.05, 4.69) is 15.9 Å². The maximum absolute atomic E-state index is 12.0. The van der Waals surface area contributed by atoms with Crippen molar-refractivity contribution in [3.05, 3.63) is 40.4 Å². The molecule has 2 N–H and O–H groups in total. The Bertz CT molecular complexity index is 494. The van der Waals surface area contributed by atoms with Crippen LogP contribution < -0.4 is 5.73 Å². The third-order valence-electron chi connectivity index (χ3n) is 2.52. The molecule has 0 aromatic heterocycles. The molecule has 88 valence electrons. The number of amides is 2. The molecule has 0 saturated heterocycles. The molecular weight excluding hydrogens is 284 g/mol. The highest BCUT2D eigenvalue weighted by Crippen LogP contribution is 2.24. The molecule has 2 amide bonds. The molecule has 0 radical (unpaired) electrons. The molecule has 5 heteroatoms. The predicted molar refractivity (Wildman–Crippen MR) is 67.9 cm³/mol. The lowest BCUT2D eigenvalue weighted by Crippen LogP contribution is -2.35. The van der Waals surface area contributed by atoms with Gasteiger partial charge in [0.15, 0.2) is 0 Å². The average Bonchev–Trinajstić information content (AvgIpc) is 2.59. The van der Waals surface area contributed by atoms with E-state index >= 15 is 0 Å². The van der Waals surface area contributed by atoms with Crippen LogP contribution in [0.4, 0.5) is 0 Å². The van der Waals surface area contributed by atoms with E-state index in [9.17, 15) is 9.59 Å². The van der Waals surface area contributed by atoms with Crippen molar-refractivity contribution in [1.82, 2.24) is 4.90 Å². The van der Waals surface area contributed by atoms with E-state index in [0.29, 0.717) is 5.57 Å². The monoisotopic (exact) mass is 294 g/mol. The highest BCUT2D eigenvalue weighted by molar-refractivity contribution is 9.10. The Hall–Kier alpha value is -1.46. The molecule has 1 aliphatic rings. The van der Waals surface area contributed by atoms with Crippen molar-refractivity contribution in [2.45, 2.75) is 0 Å². The van der Waals surface area contributed by atoms with Crippen LogP contribution in [0.1, 0.15) is 5.56 Å². The number of benzene rings is 1. The van der Waals surface area contributed by atoms with Crippen LogP contribution in [0.25, 0.3) is 5.57 Å². The molecule has 1 heterocycles. The first-order valence-corrected chi connectivity index (χ1v) is 5.96. The molecular formula is C12H11BrN2O2. The Morgan fingerprint density at radius 1 is 1.18 bits per heavy atom. The third-order valence-corrected chi connectivity index (χ3v) is 3.05. The molecule has 0 saturated carbocycles. The summed E-state index contributed by atoms with van der Waals surface area (Å²) in [5, 5.41) is 0. The molecule has 1 aromatic carbocycles. The lowest BCUT2D eigenvalue weighted by Gasteiger charge is -2.13. The minimum Gasteiger partial charge on any atom is -0.329 e. The van der Waals surface area contributed by atoms with Gasteiger partial charge in [0.25, 0.3) is 11.8 Å². The van der Waals surface area contributed by atoms with E-state index in [0.717, 1.165) is 14.9 Å². The molecule has 4 nitrogen and oxygen atoms in total. The largest absolute Gasteiger partial charge is 0.329 e. The number of nitrogens with zero attached hydrogens (tertiary/aromatic N) is 1. The second-order valence-corrected chi connectivity index (χ2v) is 4.56. The topological polar surface area (TPSA) is 63.4 Å². The summed E-state index contributed by atoms with van der Waals surface area (Å²) in [5.41, 5.74) is 6.53. The minimum absolute atomic E-state index is 0.258. The van der Waals surface area contributed by atoms with Gasteiger partial charge in [-0.05, 0) is 17.7 Å². The molecule has 0 aliphatic carbocycles. The van der Waals surface area contributed by atoms with Crippen molar-refractivity contribution in [3.8, 4) is 0 Å². The summed E-state index contributed by atoms with van der Waals surface area (Å²) in [5.74, 6) is -0.568. The maximum atomic E-state index is 12.0. The highest BCUT2D eigenvalue weighted by Gasteiger charge is 2.30. The fourth-order valence-electron chi connectivity index (χ4n) is 1.69. The third kappa shape index (κ3) is 2.30. The molecule has 0 fully saturated rings. The van der Waals surface area contributed by atoms with Gasteiger partial charge in [0, 0.05) is 23.6 Å². The summed E-state index contributed by atoms with van der Waals surface area (Å²) in [6.07, 6.45) is 1.36. The lowest BCUT2D eigenvalue weighted by molar-refractivity contribution is -0.136.